The number of halogens is 4. The monoisotopic (exact) mass is 760 g/mol. The number of benzene rings is 3. The summed E-state index contributed by atoms with van der Waals surface area (Å²) in [4.78, 5) is 21.6. The van der Waals surface area contributed by atoms with Crippen molar-refractivity contribution >= 4 is 39.2 Å². The Morgan fingerprint density at radius 3 is 2.29 bits per heavy atom. The number of aromatic nitrogens is 2. The molecule has 0 N–H and O–H groups in total. The number of nitrogens with zero attached hydrogens (tertiary/aromatic N) is 4. The number of ether oxygens (including phenoxy) is 4. The maximum Gasteiger partial charge on any atom is 0.410 e. The second-order valence-electron chi connectivity index (χ2n) is 12.6. The van der Waals surface area contributed by atoms with E-state index in [9.17, 15) is 22.0 Å². The fourth-order valence-electron chi connectivity index (χ4n) is 5.43. The van der Waals surface area contributed by atoms with Gasteiger partial charge in [0.2, 0.25) is 5.95 Å². The topological polar surface area (TPSA) is 120 Å². The van der Waals surface area contributed by atoms with E-state index < -0.39 is 62.6 Å². The largest absolute Gasteiger partial charge is 0.497 e. The summed E-state index contributed by atoms with van der Waals surface area (Å²) < 4.78 is 94.8. The van der Waals surface area contributed by atoms with Gasteiger partial charge in [0.1, 0.15) is 46.0 Å². The zero-order valence-corrected chi connectivity index (χ0v) is 30.5. The van der Waals surface area contributed by atoms with Crippen molar-refractivity contribution in [2.75, 3.05) is 31.7 Å². The molecule has 16 heteroatoms. The number of carbonyl (C=O) groups excluding carboxylic acids is 1. The number of sulfonamides is 1. The van der Waals surface area contributed by atoms with Gasteiger partial charge in [0.15, 0.2) is 5.82 Å². The predicted molar refractivity (Wildman–Crippen MR) is 188 cm³/mol. The van der Waals surface area contributed by atoms with Crippen molar-refractivity contribution in [2.45, 2.75) is 50.3 Å². The second kappa shape index (κ2) is 15.7. The van der Waals surface area contributed by atoms with Gasteiger partial charge in [-0.3, -0.25) is 4.90 Å². The van der Waals surface area contributed by atoms with Crippen molar-refractivity contribution in [1.29, 1.82) is 0 Å². The Morgan fingerprint density at radius 1 is 0.962 bits per heavy atom. The van der Waals surface area contributed by atoms with Crippen LogP contribution in [0.15, 0.2) is 78.0 Å². The molecule has 0 bridgehead atoms. The normalized spacial score (nSPS) is 14.8. The van der Waals surface area contributed by atoms with E-state index in [1.54, 1.807) is 45.0 Å². The first-order valence-electron chi connectivity index (χ1n) is 15.9. The lowest BCUT2D eigenvalue weighted by molar-refractivity contribution is 0.0162. The number of carbonyl (C=O) groups is 1. The highest BCUT2D eigenvalue weighted by molar-refractivity contribution is 7.92. The van der Waals surface area contributed by atoms with E-state index in [1.807, 2.05) is 6.08 Å². The van der Waals surface area contributed by atoms with E-state index in [-0.39, 0.29) is 29.7 Å². The van der Waals surface area contributed by atoms with Gasteiger partial charge in [-0.1, -0.05) is 29.8 Å². The van der Waals surface area contributed by atoms with E-state index in [4.69, 9.17) is 30.5 Å². The van der Waals surface area contributed by atoms with Gasteiger partial charge in [0, 0.05) is 24.2 Å². The predicted octanol–water partition coefficient (Wildman–Crippen LogP) is 7.43. The fourth-order valence-corrected chi connectivity index (χ4v) is 7.14. The van der Waals surface area contributed by atoms with Crippen LogP contribution in [-0.2, 0) is 21.3 Å². The summed E-state index contributed by atoms with van der Waals surface area (Å²) in [6.45, 7) is 4.76. The van der Waals surface area contributed by atoms with Crippen LogP contribution < -0.4 is 18.5 Å². The number of hydrogen-bond acceptors (Lipinski definition) is 9. The zero-order chi connectivity index (χ0) is 37.8. The average Bonchev–Trinajstić information content (AvgIpc) is 3.10. The second-order valence-corrected chi connectivity index (χ2v) is 14.8. The quantitative estimate of drug-likeness (QED) is 0.154. The SMILES string of the molecule is COc1ccc(CN(c2ncc(F)cn2)S(=O)(=O)c2cc(Cl)c(OCC3C(c4ccc(F)cc4)=CCCN3C(=O)OC(C)(C)C)cc2F)c(OC)c1. The molecule has 0 radical (unpaired) electrons. The van der Waals surface area contributed by atoms with Crippen molar-refractivity contribution in [3.8, 4) is 17.2 Å². The van der Waals surface area contributed by atoms with E-state index in [0.717, 1.165) is 24.5 Å². The van der Waals surface area contributed by atoms with E-state index in [1.165, 1.54) is 37.3 Å². The maximum absolute atomic E-state index is 16.0. The van der Waals surface area contributed by atoms with Crippen LogP contribution in [0.25, 0.3) is 5.57 Å². The molecule has 52 heavy (non-hydrogen) atoms. The highest BCUT2D eigenvalue weighted by Gasteiger charge is 2.35. The van der Waals surface area contributed by atoms with Crippen LogP contribution in [0.5, 0.6) is 17.2 Å². The fraction of sp³-hybridized carbons (Fsp3) is 0.306. The Morgan fingerprint density at radius 2 is 1.65 bits per heavy atom. The van der Waals surface area contributed by atoms with Crippen molar-refractivity contribution in [3.05, 3.63) is 107 Å². The molecule has 1 atom stereocenters. The number of rotatable bonds is 11. The Labute approximate surface area is 304 Å². The van der Waals surface area contributed by atoms with Crippen LogP contribution in [0.1, 0.15) is 38.3 Å². The minimum Gasteiger partial charge on any atom is -0.497 e. The van der Waals surface area contributed by atoms with Crippen molar-refractivity contribution in [2.24, 2.45) is 0 Å². The van der Waals surface area contributed by atoms with Crippen LogP contribution in [0, 0.1) is 17.5 Å². The third-order valence-electron chi connectivity index (χ3n) is 7.86. The standard InChI is InChI=1S/C36H36ClF3N4O7S/c1-36(2,3)51-35(45)43-14-6-7-27(22-8-11-24(38)12-9-22)30(43)21-50-32-17-29(40)33(16-28(32)37)52(46,47)44(34-41-18-25(39)19-42-34)20-23-10-13-26(48-4)15-31(23)49-5/h7-13,15-19,30H,6,14,20-21H2,1-5H3. The van der Waals surface area contributed by atoms with Crippen LogP contribution in [0.4, 0.5) is 23.9 Å². The third-order valence-corrected chi connectivity index (χ3v) is 9.90. The van der Waals surface area contributed by atoms with Gasteiger partial charge in [0.25, 0.3) is 10.0 Å². The molecule has 0 fully saturated rings. The maximum atomic E-state index is 16.0. The number of anilines is 1. The molecular weight excluding hydrogens is 725 g/mol. The molecule has 1 aromatic heterocycles. The highest BCUT2D eigenvalue weighted by Crippen LogP contribution is 2.36. The summed E-state index contributed by atoms with van der Waals surface area (Å²) in [6, 6.07) is 11.3. The first-order valence-corrected chi connectivity index (χ1v) is 17.7. The molecule has 2 heterocycles. The molecule has 0 spiro atoms. The lowest BCUT2D eigenvalue weighted by atomic mass is 9.93. The highest BCUT2D eigenvalue weighted by atomic mass is 35.5. The third kappa shape index (κ3) is 8.70. The van der Waals surface area contributed by atoms with Gasteiger partial charge in [0.05, 0.1) is 44.2 Å². The Balaban J connectivity index is 1.48. The molecule has 1 unspecified atom stereocenters. The lowest BCUT2D eigenvalue weighted by Gasteiger charge is -2.37. The zero-order valence-electron chi connectivity index (χ0n) is 28.9. The minimum absolute atomic E-state index is 0.215. The van der Waals surface area contributed by atoms with Crippen LogP contribution in [0.2, 0.25) is 5.02 Å². The first-order chi connectivity index (χ1) is 24.6. The van der Waals surface area contributed by atoms with Crippen LogP contribution >= 0.6 is 11.6 Å². The molecule has 11 nitrogen and oxygen atoms in total. The summed E-state index contributed by atoms with van der Waals surface area (Å²) in [5.74, 6) is -2.47. The van der Waals surface area contributed by atoms with Gasteiger partial charge in [-0.05, 0) is 68.7 Å². The van der Waals surface area contributed by atoms with Crippen molar-refractivity contribution in [1.82, 2.24) is 14.9 Å². The molecule has 3 aromatic carbocycles. The molecule has 4 aromatic rings. The molecule has 0 saturated heterocycles. The first kappa shape index (κ1) is 38.2. The van der Waals surface area contributed by atoms with Gasteiger partial charge >= 0.3 is 6.09 Å². The van der Waals surface area contributed by atoms with Crippen molar-refractivity contribution < 1.29 is 45.3 Å². The number of amides is 1. The molecule has 0 saturated carbocycles. The summed E-state index contributed by atoms with van der Waals surface area (Å²) in [5, 5.41) is -0.270. The lowest BCUT2D eigenvalue weighted by Crippen LogP contribution is -2.48. The summed E-state index contributed by atoms with van der Waals surface area (Å²) >= 11 is 6.54. The summed E-state index contributed by atoms with van der Waals surface area (Å²) in [7, 11) is -2.00. The molecule has 1 aliphatic heterocycles. The van der Waals surface area contributed by atoms with Gasteiger partial charge in [-0.25, -0.2) is 40.7 Å². The van der Waals surface area contributed by atoms with Crippen LogP contribution in [-0.4, -0.2) is 68.4 Å². The molecule has 1 amide bonds. The molecule has 5 rings (SSSR count). The molecule has 0 aliphatic carbocycles. The van der Waals surface area contributed by atoms with Crippen LogP contribution in [0.3, 0.4) is 0 Å². The van der Waals surface area contributed by atoms with Gasteiger partial charge in [-0.15, -0.1) is 0 Å². The Hall–Kier alpha value is -5.02. The van der Waals surface area contributed by atoms with Gasteiger partial charge < -0.3 is 18.9 Å². The summed E-state index contributed by atoms with van der Waals surface area (Å²) in [6.07, 6.45) is 3.29. The van der Waals surface area contributed by atoms with E-state index in [2.05, 4.69) is 9.97 Å². The molecular formula is C36H36ClF3N4O7S. The van der Waals surface area contributed by atoms with Gasteiger partial charge in [-0.2, -0.15) is 0 Å². The number of methoxy groups -OCH3 is 2. The number of hydrogen-bond donors (Lipinski definition) is 0. The van der Waals surface area contributed by atoms with E-state index >= 15 is 4.39 Å². The van der Waals surface area contributed by atoms with Crippen molar-refractivity contribution in [3.63, 3.8) is 0 Å². The molecule has 276 valence electrons. The summed E-state index contributed by atoms with van der Waals surface area (Å²) in [5.41, 5.74) is 0.785. The molecule has 1 aliphatic rings. The Bertz CT molecular complexity index is 2060. The Kier molecular flexibility index (Phi) is 11.5. The smallest absolute Gasteiger partial charge is 0.410 e. The van der Waals surface area contributed by atoms with E-state index in [0.29, 0.717) is 33.2 Å². The average molecular weight is 761 g/mol. The minimum atomic E-state index is -4.82.